The number of amides is 1. The highest BCUT2D eigenvalue weighted by Crippen LogP contribution is 2.18. The first-order valence-electron chi connectivity index (χ1n) is 33.3. The number of allylic oxidation sites excluding steroid dienone is 5. The quantitative estimate of drug-likeness (QED) is 0.0320. The Labute approximate surface area is 462 Å². The first kappa shape index (κ1) is 72.1. The number of aliphatic hydroxyl groups excluding tert-OH is 2. The molecule has 74 heavy (non-hydrogen) atoms. The van der Waals surface area contributed by atoms with E-state index < -0.39 is 12.1 Å². The molecule has 6 heteroatoms. The molecule has 0 bridgehead atoms. The summed E-state index contributed by atoms with van der Waals surface area (Å²) in [4.78, 5) is 24.5. The van der Waals surface area contributed by atoms with Crippen LogP contribution in [-0.2, 0) is 14.3 Å². The normalized spacial score (nSPS) is 12.8. The molecule has 0 heterocycles. The molecule has 3 N–H and O–H groups in total. The van der Waals surface area contributed by atoms with Gasteiger partial charge in [0.2, 0.25) is 5.91 Å². The lowest BCUT2D eigenvalue weighted by Crippen LogP contribution is -2.45. The zero-order chi connectivity index (χ0) is 53.6. The lowest BCUT2D eigenvalue weighted by Gasteiger charge is -2.20. The fourth-order valence-electron chi connectivity index (χ4n) is 10.3. The van der Waals surface area contributed by atoms with E-state index in [1.807, 2.05) is 6.08 Å². The summed E-state index contributed by atoms with van der Waals surface area (Å²) in [6, 6.07) is -0.630. The number of rotatable bonds is 62. The van der Waals surface area contributed by atoms with Crippen molar-refractivity contribution in [3.05, 3.63) is 36.5 Å². The van der Waals surface area contributed by atoms with Crippen LogP contribution >= 0.6 is 0 Å². The van der Waals surface area contributed by atoms with E-state index in [0.29, 0.717) is 19.4 Å². The van der Waals surface area contributed by atoms with Gasteiger partial charge in [0.05, 0.1) is 25.4 Å². The van der Waals surface area contributed by atoms with E-state index in [9.17, 15) is 19.8 Å². The van der Waals surface area contributed by atoms with E-state index in [-0.39, 0.29) is 18.5 Å². The molecule has 0 aromatic carbocycles. The van der Waals surface area contributed by atoms with Gasteiger partial charge in [-0.1, -0.05) is 307 Å². The van der Waals surface area contributed by atoms with Crippen molar-refractivity contribution in [2.24, 2.45) is 0 Å². The number of hydrogen-bond donors (Lipinski definition) is 3. The second-order valence-corrected chi connectivity index (χ2v) is 22.8. The molecule has 0 rings (SSSR count). The van der Waals surface area contributed by atoms with Crippen molar-refractivity contribution in [3.8, 4) is 0 Å². The molecule has 0 aromatic heterocycles. The molecule has 2 unspecified atom stereocenters. The Hall–Kier alpha value is -1.92. The minimum atomic E-state index is -0.847. The molecule has 6 nitrogen and oxygen atoms in total. The monoisotopic (exact) mass is 1040 g/mol. The SMILES string of the molecule is CCCC/C=C\CCCCCCCC(=O)OCCCCCCCCCCCCCC/C=C\CCCCCCCCCCCCC(=O)NC(CO)C(O)/C=C/CCCCCCCCCCCCCCCCCCCC. The van der Waals surface area contributed by atoms with Crippen LogP contribution in [0.3, 0.4) is 0 Å². The number of esters is 1. The summed E-state index contributed by atoms with van der Waals surface area (Å²) < 4.78 is 5.46. The number of ether oxygens (including phenoxy) is 1. The Morgan fingerprint density at radius 2 is 0.649 bits per heavy atom. The molecule has 2 atom stereocenters. The summed E-state index contributed by atoms with van der Waals surface area (Å²) >= 11 is 0. The van der Waals surface area contributed by atoms with Gasteiger partial charge >= 0.3 is 5.97 Å². The van der Waals surface area contributed by atoms with Crippen LogP contribution in [0.25, 0.3) is 0 Å². The van der Waals surface area contributed by atoms with Crippen LogP contribution in [0.15, 0.2) is 36.5 Å². The summed E-state index contributed by atoms with van der Waals surface area (Å²) in [7, 11) is 0. The lowest BCUT2D eigenvalue weighted by atomic mass is 10.0. The van der Waals surface area contributed by atoms with Gasteiger partial charge in [0, 0.05) is 12.8 Å². The van der Waals surface area contributed by atoms with Crippen molar-refractivity contribution >= 4 is 11.9 Å². The van der Waals surface area contributed by atoms with Gasteiger partial charge in [0.25, 0.3) is 0 Å². The molecule has 0 radical (unpaired) electrons. The predicted molar refractivity (Wildman–Crippen MR) is 324 cm³/mol. The van der Waals surface area contributed by atoms with E-state index in [2.05, 4.69) is 43.5 Å². The molecule has 436 valence electrons. The van der Waals surface area contributed by atoms with Crippen molar-refractivity contribution in [1.82, 2.24) is 5.32 Å². The van der Waals surface area contributed by atoms with Crippen LogP contribution in [0.2, 0.25) is 0 Å². The summed E-state index contributed by atoms with van der Waals surface area (Å²) in [5, 5.41) is 23.2. The zero-order valence-corrected chi connectivity index (χ0v) is 49.8. The van der Waals surface area contributed by atoms with E-state index in [0.717, 1.165) is 44.9 Å². The Morgan fingerprint density at radius 3 is 1.00 bits per heavy atom. The molecular formula is C68H129NO5. The first-order chi connectivity index (χ1) is 36.5. The average Bonchev–Trinajstić information content (AvgIpc) is 3.40. The standard InChI is InChI=1S/C68H129NO5/c1-3-5-7-9-11-13-15-16-17-18-19-28-31-34-37-41-44-48-52-56-60-66(71)65(64-70)69-67(72)61-57-53-49-45-42-38-35-32-29-26-24-22-20-21-23-25-27-30-33-36-39-43-47-51-55-59-63-74-68(73)62-58-54-50-46-40-14-12-10-8-6-4-2/h10,12,20,22,56,60,65-66,70-71H,3-9,11,13-19,21,23-55,57-59,61-64H2,1-2H3,(H,69,72)/b12-10-,22-20-,60-56+. The van der Waals surface area contributed by atoms with Crippen molar-refractivity contribution in [2.75, 3.05) is 13.2 Å². The fourth-order valence-corrected chi connectivity index (χ4v) is 10.3. The van der Waals surface area contributed by atoms with Crippen molar-refractivity contribution < 1.29 is 24.5 Å². The third-order valence-electron chi connectivity index (χ3n) is 15.4. The minimum Gasteiger partial charge on any atom is -0.466 e. The van der Waals surface area contributed by atoms with Crippen LogP contribution in [0.5, 0.6) is 0 Å². The number of hydrogen-bond acceptors (Lipinski definition) is 5. The highest BCUT2D eigenvalue weighted by atomic mass is 16.5. The van der Waals surface area contributed by atoms with Gasteiger partial charge < -0.3 is 20.3 Å². The largest absolute Gasteiger partial charge is 0.466 e. The van der Waals surface area contributed by atoms with E-state index in [1.165, 1.54) is 289 Å². The number of carbonyl (C=O) groups excluding carboxylic acids is 2. The number of aliphatic hydroxyl groups is 2. The highest BCUT2D eigenvalue weighted by molar-refractivity contribution is 5.76. The van der Waals surface area contributed by atoms with Crippen molar-refractivity contribution in [2.45, 2.75) is 373 Å². The fraction of sp³-hybridized carbons (Fsp3) is 0.882. The molecule has 0 fully saturated rings. The Kier molecular flexibility index (Phi) is 62.0. The summed E-state index contributed by atoms with van der Waals surface area (Å²) in [5.41, 5.74) is 0. The van der Waals surface area contributed by atoms with Crippen LogP contribution in [0.1, 0.15) is 361 Å². The maximum atomic E-state index is 12.5. The molecule has 0 aliphatic rings. The molecule has 0 saturated heterocycles. The smallest absolute Gasteiger partial charge is 0.305 e. The molecule has 0 aliphatic carbocycles. The topological polar surface area (TPSA) is 95.9 Å². The van der Waals surface area contributed by atoms with Gasteiger partial charge in [-0.3, -0.25) is 9.59 Å². The maximum absolute atomic E-state index is 12.5. The average molecular weight is 1040 g/mol. The van der Waals surface area contributed by atoms with Crippen molar-refractivity contribution in [1.29, 1.82) is 0 Å². The predicted octanol–water partition coefficient (Wildman–Crippen LogP) is 21.1. The maximum Gasteiger partial charge on any atom is 0.305 e. The summed E-state index contributed by atoms with van der Waals surface area (Å²) in [6.45, 7) is 4.89. The van der Waals surface area contributed by atoms with Crippen LogP contribution in [-0.4, -0.2) is 47.4 Å². The van der Waals surface area contributed by atoms with Gasteiger partial charge in [-0.25, -0.2) is 0 Å². The van der Waals surface area contributed by atoms with Gasteiger partial charge in [-0.2, -0.15) is 0 Å². The zero-order valence-electron chi connectivity index (χ0n) is 49.8. The van der Waals surface area contributed by atoms with Crippen molar-refractivity contribution in [3.63, 3.8) is 0 Å². The first-order valence-corrected chi connectivity index (χ1v) is 33.3. The Balaban J connectivity index is 3.43. The molecule has 0 aliphatic heterocycles. The number of unbranched alkanes of at least 4 members (excludes halogenated alkanes) is 47. The van der Waals surface area contributed by atoms with E-state index in [4.69, 9.17) is 4.74 Å². The second-order valence-electron chi connectivity index (χ2n) is 22.8. The molecular weight excluding hydrogens is 911 g/mol. The summed E-state index contributed by atoms with van der Waals surface area (Å²) in [6.07, 6.45) is 80.6. The van der Waals surface area contributed by atoms with Gasteiger partial charge in [-0.05, 0) is 77.0 Å². The van der Waals surface area contributed by atoms with Gasteiger partial charge in [-0.15, -0.1) is 0 Å². The van der Waals surface area contributed by atoms with Gasteiger partial charge in [0.1, 0.15) is 0 Å². The Bertz CT molecular complexity index is 1200. The third-order valence-corrected chi connectivity index (χ3v) is 15.4. The Morgan fingerprint density at radius 1 is 0.365 bits per heavy atom. The summed E-state index contributed by atoms with van der Waals surface area (Å²) in [5.74, 6) is -0.0640. The number of nitrogens with one attached hydrogen (secondary N) is 1. The molecule has 0 saturated carbocycles. The van der Waals surface area contributed by atoms with E-state index in [1.54, 1.807) is 6.08 Å². The molecule has 0 spiro atoms. The van der Waals surface area contributed by atoms with Crippen LogP contribution in [0, 0.1) is 0 Å². The molecule has 1 amide bonds. The van der Waals surface area contributed by atoms with Crippen LogP contribution in [0.4, 0.5) is 0 Å². The minimum absolute atomic E-state index is 0.00293. The van der Waals surface area contributed by atoms with E-state index >= 15 is 0 Å². The second kappa shape index (κ2) is 63.6. The number of carbonyl (C=O) groups is 2. The van der Waals surface area contributed by atoms with Gasteiger partial charge in [0.15, 0.2) is 0 Å². The molecule has 0 aromatic rings. The third kappa shape index (κ3) is 59.3. The highest BCUT2D eigenvalue weighted by Gasteiger charge is 2.18. The van der Waals surface area contributed by atoms with Crippen LogP contribution < -0.4 is 5.32 Å². The lowest BCUT2D eigenvalue weighted by molar-refractivity contribution is -0.143.